The molecule has 1 saturated carbocycles. The maximum absolute atomic E-state index is 13.1. The van der Waals surface area contributed by atoms with Gasteiger partial charge in [-0.25, -0.2) is 8.78 Å². The quantitative estimate of drug-likeness (QED) is 0.880. The Hall–Kier alpha value is -0.960. The van der Waals surface area contributed by atoms with Crippen LogP contribution in [0.25, 0.3) is 0 Å². The maximum atomic E-state index is 13.1. The van der Waals surface area contributed by atoms with Crippen molar-refractivity contribution in [1.29, 1.82) is 0 Å². The van der Waals surface area contributed by atoms with E-state index >= 15 is 0 Å². The lowest BCUT2D eigenvalue weighted by Crippen LogP contribution is -2.37. The number of rotatable bonds is 3. The summed E-state index contributed by atoms with van der Waals surface area (Å²) < 4.78 is 26.3. The van der Waals surface area contributed by atoms with Gasteiger partial charge in [-0.05, 0) is 44.6 Å². The zero-order valence-electron chi connectivity index (χ0n) is 11.8. The predicted molar refractivity (Wildman–Crippen MR) is 74.5 cm³/mol. The van der Waals surface area contributed by atoms with Crippen LogP contribution in [0, 0.1) is 19.8 Å². The second-order valence-electron chi connectivity index (χ2n) is 6.06. The third-order valence-corrected chi connectivity index (χ3v) is 4.12. The molecule has 1 nitrogen and oxygen atoms in total. The predicted octanol–water partition coefficient (Wildman–Crippen LogP) is 4.00. The van der Waals surface area contributed by atoms with Crippen LogP contribution in [0.2, 0.25) is 0 Å². The summed E-state index contributed by atoms with van der Waals surface area (Å²) in [5, 5.41) is 0. The van der Waals surface area contributed by atoms with Gasteiger partial charge in [-0.15, -0.1) is 0 Å². The fourth-order valence-electron chi connectivity index (χ4n) is 3.12. The Morgan fingerprint density at radius 2 is 1.68 bits per heavy atom. The Labute approximate surface area is 114 Å². The van der Waals surface area contributed by atoms with Gasteiger partial charge >= 0.3 is 0 Å². The molecule has 2 rings (SSSR count). The van der Waals surface area contributed by atoms with E-state index in [9.17, 15) is 8.78 Å². The fourth-order valence-corrected chi connectivity index (χ4v) is 3.12. The Bertz CT molecular complexity index is 412. The van der Waals surface area contributed by atoms with Crippen LogP contribution in [-0.4, -0.2) is 12.0 Å². The average Bonchev–Trinajstić information content (AvgIpc) is 2.26. The zero-order chi connectivity index (χ0) is 14.0. The van der Waals surface area contributed by atoms with Gasteiger partial charge in [0, 0.05) is 18.9 Å². The van der Waals surface area contributed by atoms with Gasteiger partial charge in [0.1, 0.15) is 0 Å². The normalized spacial score (nSPS) is 21.3. The van der Waals surface area contributed by atoms with E-state index in [0.717, 1.165) is 6.42 Å². The van der Waals surface area contributed by atoms with Crippen molar-refractivity contribution >= 4 is 0 Å². The van der Waals surface area contributed by atoms with E-state index in [4.69, 9.17) is 5.73 Å². The van der Waals surface area contributed by atoms with E-state index < -0.39 is 5.92 Å². The second-order valence-corrected chi connectivity index (χ2v) is 6.06. The molecule has 1 aliphatic rings. The first-order chi connectivity index (χ1) is 8.85. The molecule has 0 amide bonds. The third-order valence-electron chi connectivity index (χ3n) is 4.12. The Kier molecular flexibility index (Phi) is 4.24. The SMILES string of the molecule is Cc1cc(C)cc(CC(N)C2CCC(F)(F)CC2)c1. The van der Waals surface area contributed by atoms with Gasteiger partial charge < -0.3 is 5.73 Å². The van der Waals surface area contributed by atoms with Gasteiger partial charge in [0.15, 0.2) is 0 Å². The van der Waals surface area contributed by atoms with E-state index in [0.29, 0.717) is 12.8 Å². The first kappa shape index (κ1) is 14.4. The molecule has 2 N–H and O–H groups in total. The summed E-state index contributed by atoms with van der Waals surface area (Å²) in [5.74, 6) is -2.23. The summed E-state index contributed by atoms with van der Waals surface area (Å²) in [6.07, 6.45) is 1.90. The number of aryl methyl sites for hydroxylation is 2. The topological polar surface area (TPSA) is 26.0 Å². The lowest BCUT2D eigenvalue weighted by Gasteiger charge is -2.32. The number of alkyl halides is 2. The highest BCUT2D eigenvalue weighted by atomic mass is 19.3. The molecule has 0 saturated heterocycles. The van der Waals surface area contributed by atoms with Crippen molar-refractivity contribution in [1.82, 2.24) is 0 Å². The van der Waals surface area contributed by atoms with Gasteiger partial charge in [-0.2, -0.15) is 0 Å². The van der Waals surface area contributed by atoms with Crippen molar-refractivity contribution in [2.75, 3.05) is 0 Å². The lowest BCUT2D eigenvalue weighted by molar-refractivity contribution is -0.0481. The third kappa shape index (κ3) is 4.00. The Balaban J connectivity index is 1.96. The fraction of sp³-hybridized carbons (Fsp3) is 0.625. The molecule has 106 valence electrons. The highest BCUT2D eigenvalue weighted by Crippen LogP contribution is 2.37. The van der Waals surface area contributed by atoms with Crippen LogP contribution in [0.3, 0.4) is 0 Å². The molecule has 1 aromatic carbocycles. The van der Waals surface area contributed by atoms with Crippen molar-refractivity contribution in [2.45, 2.75) is 57.9 Å². The molecule has 3 heteroatoms. The maximum Gasteiger partial charge on any atom is 0.248 e. The second kappa shape index (κ2) is 5.58. The van der Waals surface area contributed by atoms with Crippen LogP contribution in [0.15, 0.2) is 18.2 Å². The first-order valence-electron chi connectivity index (χ1n) is 7.06. The van der Waals surface area contributed by atoms with E-state index in [1.165, 1.54) is 16.7 Å². The van der Waals surface area contributed by atoms with Crippen molar-refractivity contribution in [2.24, 2.45) is 11.7 Å². The molecular formula is C16H23F2N. The van der Waals surface area contributed by atoms with Crippen molar-refractivity contribution in [3.63, 3.8) is 0 Å². The molecule has 0 spiro atoms. The van der Waals surface area contributed by atoms with E-state index in [-0.39, 0.29) is 24.8 Å². The molecule has 1 unspecified atom stereocenters. The smallest absolute Gasteiger partial charge is 0.248 e. The molecule has 1 fully saturated rings. The summed E-state index contributed by atoms with van der Waals surface area (Å²) in [7, 11) is 0. The number of halogens is 2. The summed E-state index contributed by atoms with van der Waals surface area (Å²) in [6, 6.07) is 6.42. The number of hydrogen-bond donors (Lipinski definition) is 1. The molecule has 1 aromatic rings. The Morgan fingerprint density at radius 3 is 2.21 bits per heavy atom. The number of nitrogens with two attached hydrogens (primary N) is 1. The summed E-state index contributed by atoms with van der Waals surface area (Å²) in [5.41, 5.74) is 9.92. The lowest BCUT2D eigenvalue weighted by atomic mass is 9.80. The highest BCUT2D eigenvalue weighted by molar-refractivity contribution is 5.29. The first-order valence-corrected chi connectivity index (χ1v) is 7.06. The van der Waals surface area contributed by atoms with Gasteiger partial charge in [-0.1, -0.05) is 29.3 Å². The number of hydrogen-bond acceptors (Lipinski definition) is 1. The molecular weight excluding hydrogens is 244 g/mol. The summed E-state index contributed by atoms with van der Waals surface area (Å²) in [4.78, 5) is 0. The van der Waals surface area contributed by atoms with Crippen LogP contribution in [0.1, 0.15) is 42.4 Å². The Morgan fingerprint density at radius 1 is 1.16 bits per heavy atom. The molecule has 0 aliphatic heterocycles. The van der Waals surface area contributed by atoms with Crippen LogP contribution in [-0.2, 0) is 6.42 Å². The molecule has 1 atom stereocenters. The van der Waals surface area contributed by atoms with Crippen LogP contribution in [0.4, 0.5) is 8.78 Å². The van der Waals surface area contributed by atoms with Crippen molar-refractivity contribution in [3.05, 3.63) is 34.9 Å². The monoisotopic (exact) mass is 267 g/mol. The number of benzene rings is 1. The van der Waals surface area contributed by atoms with Gasteiger partial charge in [0.25, 0.3) is 0 Å². The van der Waals surface area contributed by atoms with Gasteiger partial charge in [0.2, 0.25) is 5.92 Å². The van der Waals surface area contributed by atoms with E-state index in [1.807, 2.05) is 0 Å². The van der Waals surface area contributed by atoms with Crippen molar-refractivity contribution < 1.29 is 8.78 Å². The average molecular weight is 267 g/mol. The van der Waals surface area contributed by atoms with Crippen molar-refractivity contribution in [3.8, 4) is 0 Å². The zero-order valence-corrected chi connectivity index (χ0v) is 11.8. The van der Waals surface area contributed by atoms with Gasteiger partial charge in [-0.3, -0.25) is 0 Å². The van der Waals surface area contributed by atoms with Crippen LogP contribution < -0.4 is 5.73 Å². The molecule has 19 heavy (non-hydrogen) atoms. The van der Waals surface area contributed by atoms with E-state index in [1.54, 1.807) is 0 Å². The van der Waals surface area contributed by atoms with Gasteiger partial charge in [0.05, 0.1) is 0 Å². The van der Waals surface area contributed by atoms with E-state index in [2.05, 4.69) is 32.0 Å². The summed E-state index contributed by atoms with van der Waals surface area (Å²) >= 11 is 0. The minimum Gasteiger partial charge on any atom is -0.327 e. The minimum atomic E-state index is -2.46. The minimum absolute atomic E-state index is 0.00177. The molecule has 0 radical (unpaired) electrons. The molecule has 1 aliphatic carbocycles. The molecule has 0 heterocycles. The molecule has 0 bridgehead atoms. The largest absolute Gasteiger partial charge is 0.327 e. The highest BCUT2D eigenvalue weighted by Gasteiger charge is 2.36. The molecule has 0 aromatic heterocycles. The van der Waals surface area contributed by atoms with Crippen LogP contribution >= 0.6 is 0 Å². The van der Waals surface area contributed by atoms with Crippen LogP contribution in [0.5, 0.6) is 0 Å². The summed E-state index contributed by atoms with van der Waals surface area (Å²) in [6.45, 7) is 4.15. The standard InChI is InChI=1S/C16H23F2N/c1-11-7-12(2)9-13(8-11)10-15(19)14-3-5-16(17,18)6-4-14/h7-9,14-15H,3-6,10,19H2,1-2H3.